The van der Waals surface area contributed by atoms with Crippen molar-refractivity contribution in [2.75, 3.05) is 5.32 Å². The Kier molecular flexibility index (Phi) is 3.95. The van der Waals surface area contributed by atoms with Gasteiger partial charge in [-0.2, -0.15) is 0 Å². The highest BCUT2D eigenvalue weighted by atomic mass is 16.3. The number of carbonyl (C=O) groups is 1. The average molecular weight is 261 g/mol. The van der Waals surface area contributed by atoms with E-state index in [1.807, 2.05) is 26.8 Å². The second-order valence-corrected chi connectivity index (χ2v) is 5.64. The monoisotopic (exact) mass is 261 g/mol. The first-order valence-electron chi connectivity index (χ1n) is 7.15. The Morgan fingerprint density at radius 3 is 2.53 bits per heavy atom. The number of hydrogen-bond donors (Lipinski definition) is 2. The van der Waals surface area contributed by atoms with Gasteiger partial charge in [0.2, 0.25) is 5.91 Å². The maximum atomic E-state index is 12.0. The van der Waals surface area contributed by atoms with Crippen molar-refractivity contribution >= 4 is 11.6 Å². The molecule has 0 bridgehead atoms. The highest BCUT2D eigenvalue weighted by Crippen LogP contribution is 2.41. The Hall–Kier alpha value is -1.35. The zero-order chi connectivity index (χ0) is 14.2. The lowest BCUT2D eigenvalue weighted by Gasteiger charge is -2.19. The summed E-state index contributed by atoms with van der Waals surface area (Å²) in [4.78, 5) is 12.0. The van der Waals surface area contributed by atoms with Gasteiger partial charge in [0.25, 0.3) is 0 Å². The minimum atomic E-state index is -0.531. The van der Waals surface area contributed by atoms with Gasteiger partial charge in [-0.05, 0) is 29.9 Å². The highest BCUT2D eigenvalue weighted by Gasteiger charge is 2.33. The number of anilines is 1. The number of fused-ring (bicyclic) bond motifs is 1. The molecule has 2 atom stereocenters. The number of aliphatic hydroxyl groups excluding tert-OH is 1. The summed E-state index contributed by atoms with van der Waals surface area (Å²) in [5.74, 6) is 0.122. The fourth-order valence-electron chi connectivity index (χ4n) is 2.72. The van der Waals surface area contributed by atoms with Crippen molar-refractivity contribution in [3.05, 3.63) is 28.8 Å². The highest BCUT2D eigenvalue weighted by molar-refractivity contribution is 6.03. The first kappa shape index (κ1) is 14.1. The lowest BCUT2D eigenvalue weighted by molar-refractivity contribution is -0.117. The second kappa shape index (κ2) is 5.33. The van der Waals surface area contributed by atoms with Gasteiger partial charge in [0.15, 0.2) is 0 Å². The van der Waals surface area contributed by atoms with Gasteiger partial charge in [0.1, 0.15) is 0 Å². The van der Waals surface area contributed by atoms with E-state index in [0.29, 0.717) is 0 Å². The molecule has 2 unspecified atom stereocenters. The molecule has 0 aliphatic carbocycles. The summed E-state index contributed by atoms with van der Waals surface area (Å²) in [6, 6.07) is 4.14. The fourth-order valence-corrected chi connectivity index (χ4v) is 2.72. The van der Waals surface area contributed by atoms with Crippen molar-refractivity contribution < 1.29 is 9.90 Å². The Balaban J connectivity index is 2.57. The predicted octanol–water partition coefficient (Wildman–Crippen LogP) is 3.38. The van der Waals surface area contributed by atoms with Crippen molar-refractivity contribution in [2.45, 2.75) is 52.6 Å². The molecule has 104 valence electrons. The molecular formula is C16H23NO2. The van der Waals surface area contributed by atoms with Crippen LogP contribution in [0.25, 0.3) is 0 Å². The molecule has 19 heavy (non-hydrogen) atoms. The van der Waals surface area contributed by atoms with E-state index in [-0.39, 0.29) is 17.7 Å². The average Bonchev–Trinajstić information content (AvgIpc) is 2.71. The van der Waals surface area contributed by atoms with Gasteiger partial charge < -0.3 is 10.4 Å². The molecule has 1 amide bonds. The summed E-state index contributed by atoms with van der Waals surface area (Å²) in [6.07, 6.45) is 1.18. The van der Waals surface area contributed by atoms with Gasteiger partial charge in [0, 0.05) is 5.56 Å². The molecule has 0 aromatic heterocycles. The quantitative estimate of drug-likeness (QED) is 0.873. The number of benzene rings is 1. The molecule has 1 aliphatic heterocycles. The van der Waals surface area contributed by atoms with E-state index in [4.69, 9.17) is 0 Å². The van der Waals surface area contributed by atoms with Gasteiger partial charge in [-0.3, -0.25) is 4.79 Å². The minimum Gasteiger partial charge on any atom is -0.388 e. The van der Waals surface area contributed by atoms with Crippen LogP contribution in [0.15, 0.2) is 12.1 Å². The van der Waals surface area contributed by atoms with Crippen molar-refractivity contribution in [1.29, 1.82) is 0 Å². The SMILES string of the molecule is CCc1cc2c(c(C(O)C(C)C)c1)NC(=O)C2CC. The second-order valence-electron chi connectivity index (χ2n) is 5.64. The number of rotatable bonds is 4. The smallest absolute Gasteiger partial charge is 0.232 e. The summed E-state index contributed by atoms with van der Waals surface area (Å²) < 4.78 is 0. The van der Waals surface area contributed by atoms with E-state index in [0.717, 1.165) is 29.7 Å². The normalized spacial score (nSPS) is 19.5. The summed E-state index contributed by atoms with van der Waals surface area (Å²) >= 11 is 0. The minimum absolute atomic E-state index is 0.0583. The molecule has 0 fully saturated rings. The molecule has 0 spiro atoms. The zero-order valence-electron chi connectivity index (χ0n) is 12.2. The summed E-state index contributed by atoms with van der Waals surface area (Å²) in [7, 11) is 0. The first-order chi connectivity index (χ1) is 8.99. The molecular weight excluding hydrogens is 238 g/mol. The van der Waals surface area contributed by atoms with Crippen molar-refractivity contribution in [2.24, 2.45) is 5.92 Å². The Labute approximate surface area is 115 Å². The van der Waals surface area contributed by atoms with Crippen LogP contribution in [0.5, 0.6) is 0 Å². The maximum Gasteiger partial charge on any atom is 0.232 e. The van der Waals surface area contributed by atoms with Crippen LogP contribution in [0.1, 0.15) is 62.8 Å². The van der Waals surface area contributed by atoms with Gasteiger partial charge in [-0.15, -0.1) is 0 Å². The molecule has 1 aromatic rings. The van der Waals surface area contributed by atoms with Crippen molar-refractivity contribution in [3.8, 4) is 0 Å². The van der Waals surface area contributed by atoms with E-state index in [2.05, 4.69) is 18.3 Å². The van der Waals surface area contributed by atoms with E-state index in [1.54, 1.807) is 0 Å². The van der Waals surface area contributed by atoms with Crippen LogP contribution in [0.4, 0.5) is 5.69 Å². The first-order valence-corrected chi connectivity index (χ1v) is 7.15. The fraction of sp³-hybridized carbons (Fsp3) is 0.562. The number of amides is 1. The van der Waals surface area contributed by atoms with Gasteiger partial charge in [0.05, 0.1) is 17.7 Å². The number of nitrogens with one attached hydrogen (secondary N) is 1. The van der Waals surface area contributed by atoms with Crippen LogP contribution in [0, 0.1) is 5.92 Å². The maximum absolute atomic E-state index is 12.0. The number of aryl methyl sites for hydroxylation is 1. The van der Waals surface area contributed by atoms with Gasteiger partial charge >= 0.3 is 0 Å². The summed E-state index contributed by atoms with van der Waals surface area (Å²) in [5.41, 5.74) is 3.95. The topological polar surface area (TPSA) is 49.3 Å². The Bertz CT molecular complexity index is 494. The van der Waals surface area contributed by atoms with Gasteiger partial charge in [-0.25, -0.2) is 0 Å². The van der Waals surface area contributed by atoms with Crippen molar-refractivity contribution in [1.82, 2.24) is 0 Å². The summed E-state index contributed by atoms with van der Waals surface area (Å²) in [6.45, 7) is 8.10. The molecule has 2 rings (SSSR count). The van der Waals surface area contributed by atoms with Crippen LogP contribution in [-0.4, -0.2) is 11.0 Å². The van der Waals surface area contributed by atoms with Crippen LogP contribution in [-0.2, 0) is 11.2 Å². The number of carbonyl (C=O) groups excluding carboxylic acids is 1. The van der Waals surface area contributed by atoms with Gasteiger partial charge in [-0.1, -0.05) is 39.8 Å². The lowest BCUT2D eigenvalue weighted by atomic mass is 9.89. The van der Waals surface area contributed by atoms with Crippen LogP contribution in [0.2, 0.25) is 0 Å². The van der Waals surface area contributed by atoms with E-state index >= 15 is 0 Å². The molecule has 1 heterocycles. The Morgan fingerprint density at radius 2 is 2.00 bits per heavy atom. The van der Waals surface area contributed by atoms with Crippen LogP contribution < -0.4 is 5.32 Å². The number of hydrogen-bond acceptors (Lipinski definition) is 2. The molecule has 0 radical (unpaired) electrons. The third kappa shape index (κ3) is 2.39. The van der Waals surface area contributed by atoms with E-state index in [9.17, 15) is 9.90 Å². The third-order valence-electron chi connectivity index (χ3n) is 3.97. The molecule has 3 nitrogen and oxygen atoms in total. The predicted molar refractivity (Wildman–Crippen MR) is 77.3 cm³/mol. The van der Waals surface area contributed by atoms with E-state index < -0.39 is 6.10 Å². The molecule has 2 N–H and O–H groups in total. The molecule has 0 saturated carbocycles. The number of aliphatic hydroxyl groups is 1. The Morgan fingerprint density at radius 1 is 1.32 bits per heavy atom. The molecule has 1 aromatic carbocycles. The largest absolute Gasteiger partial charge is 0.388 e. The summed E-state index contributed by atoms with van der Waals surface area (Å²) in [5, 5.41) is 13.3. The zero-order valence-corrected chi connectivity index (χ0v) is 12.2. The lowest BCUT2D eigenvalue weighted by Crippen LogP contribution is -2.12. The van der Waals surface area contributed by atoms with Crippen molar-refractivity contribution in [3.63, 3.8) is 0 Å². The van der Waals surface area contributed by atoms with Crippen LogP contribution in [0.3, 0.4) is 0 Å². The molecule has 1 aliphatic rings. The molecule has 3 heteroatoms. The molecule has 0 saturated heterocycles. The third-order valence-corrected chi connectivity index (χ3v) is 3.97. The van der Waals surface area contributed by atoms with E-state index in [1.165, 1.54) is 5.56 Å². The van der Waals surface area contributed by atoms with Crippen LogP contribution >= 0.6 is 0 Å². The standard InChI is InChI=1S/C16H23NO2/c1-5-10-7-12-11(6-2)16(19)17-14(12)13(8-10)15(18)9(3)4/h7-9,11,15,18H,5-6H2,1-4H3,(H,17,19).